The molecular weight excluding hydrogens is 372 g/mol. The van der Waals surface area contributed by atoms with Gasteiger partial charge in [-0.25, -0.2) is 0 Å². The van der Waals surface area contributed by atoms with Crippen LogP contribution in [-0.2, 0) is 14.3 Å². The summed E-state index contributed by atoms with van der Waals surface area (Å²) in [7, 11) is 5.40. The van der Waals surface area contributed by atoms with Crippen molar-refractivity contribution in [3.63, 3.8) is 0 Å². The Morgan fingerprint density at radius 3 is 2.85 bits per heavy atom. The molecule has 6 nitrogen and oxygen atoms in total. The maximum absolute atomic E-state index is 11.9. The van der Waals surface area contributed by atoms with Gasteiger partial charge in [0, 0.05) is 35.7 Å². The summed E-state index contributed by atoms with van der Waals surface area (Å²) in [6, 6.07) is 6.56. The van der Waals surface area contributed by atoms with Gasteiger partial charge in [-0.1, -0.05) is 34.1 Å². The molecule has 1 aromatic carbocycles. The van der Waals surface area contributed by atoms with Crippen LogP contribution in [0.5, 0.6) is 0 Å². The topological polar surface area (TPSA) is 84.5 Å². The van der Waals surface area contributed by atoms with Gasteiger partial charge in [0.1, 0.15) is 0 Å². The fraction of sp³-hybridized carbons (Fsp3) is 0.500. The van der Waals surface area contributed by atoms with Gasteiger partial charge in [-0.15, -0.1) is 0 Å². The highest BCUT2D eigenvalue weighted by Gasteiger charge is 2.16. The molecule has 8 heteroatoms. The molecule has 1 atom stereocenters. The zero-order valence-corrected chi connectivity index (χ0v) is 16.4. The van der Waals surface area contributed by atoms with Gasteiger partial charge >= 0.3 is 5.97 Å². The average molecular weight is 397 g/mol. The molecule has 1 aliphatic heterocycles. The van der Waals surface area contributed by atoms with E-state index in [-0.39, 0.29) is 18.5 Å². The number of anilines is 1. The molecule has 0 bridgehead atoms. The molecule has 1 aromatic rings. The first-order valence-electron chi connectivity index (χ1n) is 8.64. The van der Waals surface area contributed by atoms with Crippen molar-refractivity contribution in [3.05, 3.63) is 29.8 Å². The van der Waals surface area contributed by atoms with Gasteiger partial charge in [-0.05, 0) is 37.5 Å². The number of esters is 1. The molecule has 0 unspecified atom stereocenters. The van der Waals surface area contributed by atoms with E-state index in [1.54, 1.807) is 31.3 Å². The number of carbonyl (C=O) groups excluding carboxylic acids is 3. The van der Waals surface area contributed by atoms with Crippen LogP contribution in [0.2, 0.25) is 0 Å². The number of amides is 2. The molecular formula is C18H24N2O4S2. The molecule has 2 rings (SSSR count). The van der Waals surface area contributed by atoms with Gasteiger partial charge in [-0.3, -0.25) is 14.4 Å². The molecule has 26 heavy (non-hydrogen) atoms. The first-order valence-corrected chi connectivity index (χ1v) is 11.0. The molecule has 0 saturated carbocycles. The van der Waals surface area contributed by atoms with Gasteiger partial charge in [0.25, 0.3) is 11.8 Å². The molecule has 0 radical (unpaired) electrons. The Kier molecular flexibility index (Phi) is 8.84. The van der Waals surface area contributed by atoms with E-state index >= 15 is 0 Å². The number of ether oxygens (including phenoxy) is 1. The first kappa shape index (κ1) is 20.6. The van der Waals surface area contributed by atoms with Crippen molar-refractivity contribution in [2.75, 3.05) is 24.7 Å². The fourth-order valence-electron chi connectivity index (χ4n) is 2.50. The van der Waals surface area contributed by atoms with Crippen LogP contribution in [0.4, 0.5) is 5.69 Å². The zero-order valence-electron chi connectivity index (χ0n) is 14.8. The lowest BCUT2D eigenvalue weighted by Crippen LogP contribution is -2.21. The van der Waals surface area contributed by atoms with Gasteiger partial charge < -0.3 is 15.4 Å². The standard InChI is InChI=1S/C18H24N2O4S2/c1-19-18(23)13-5-4-6-14(11-13)20-16(21)12-24-17(22)8-3-2-7-15-9-10-25-26-15/h4-6,11,15H,2-3,7-10,12H2,1H3,(H,19,23)(H,20,21)/t15-/m1/s1. The van der Waals surface area contributed by atoms with Gasteiger partial charge in [0.15, 0.2) is 6.61 Å². The quantitative estimate of drug-likeness (QED) is 0.379. The Morgan fingerprint density at radius 1 is 1.27 bits per heavy atom. The van der Waals surface area contributed by atoms with Crippen LogP contribution in [0.3, 0.4) is 0 Å². The largest absolute Gasteiger partial charge is 0.456 e. The predicted molar refractivity (Wildman–Crippen MR) is 106 cm³/mol. The Labute approximate surface area is 161 Å². The predicted octanol–water partition coefficient (Wildman–Crippen LogP) is 3.24. The molecule has 1 aliphatic rings. The molecule has 1 fully saturated rings. The lowest BCUT2D eigenvalue weighted by Gasteiger charge is -2.08. The maximum Gasteiger partial charge on any atom is 0.306 e. The highest BCUT2D eigenvalue weighted by atomic mass is 33.1. The van der Waals surface area contributed by atoms with Crippen LogP contribution in [0.1, 0.15) is 42.5 Å². The van der Waals surface area contributed by atoms with Gasteiger partial charge in [0.05, 0.1) is 0 Å². The summed E-state index contributed by atoms with van der Waals surface area (Å²) in [5.74, 6) is 0.208. The molecule has 142 valence electrons. The number of unbranched alkanes of at least 4 members (excludes halogenated alkanes) is 1. The molecule has 0 spiro atoms. The highest BCUT2D eigenvalue weighted by Crippen LogP contribution is 2.39. The number of benzene rings is 1. The van der Waals surface area contributed by atoms with Gasteiger partial charge in [-0.2, -0.15) is 0 Å². The Balaban J connectivity index is 1.63. The molecule has 0 aromatic heterocycles. The van der Waals surface area contributed by atoms with Crippen molar-refractivity contribution in [1.29, 1.82) is 0 Å². The third-order valence-corrected chi connectivity index (χ3v) is 6.89. The number of nitrogens with one attached hydrogen (secondary N) is 2. The van der Waals surface area contributed by atoms with Crippen molar-refractivity contribution in [3.8, 4) is 0 Å². The van der Waals surface area contributed by atoms with Crippen molar-refractivity contribution in [2.24, 2.45) is 0 Å². The second kappa shape index (κ2) is 11.1. The van der Waals surface area contributed by atoms with E-state index < -0.39 is 5.91 Å². The minimum absolute atomic E-state index is 0.234. The third-order valence-electron chi connectivity index (χ3n) is 3.88. The van der Waals surface area contributed by atoms with Crippen LogP contribution in [0.25, 0.3) is 0 Å². The van der Waals surface area contributed by atoms with Crippen LogP contribution in [-0.4, -0.2) is 42.4 Å². The minimum Gasteiger partial charge on any atom is -0.456 e. The van der Waals surface area contributed by atoms with E-state index in [1.165, 1.54) is 12.2 Å². The summed E-state index contributed by atoms with van der Waals surface area (Å²) in [6.07, 6.45) is 4.51. The average Bonchev–Trinajstić information content (AvgIpc) is 3.16. The molecule has 0 aliphatic carbocycles. The summed E-state index contributed by atoms with van der Waals surface area (Å²) in [4.78, 5) is 35.2. The van der Waals surface area contributed by atoms with E-state index in [0.29, 0.717) is 22.9 Å². The van der Waals surface area contributed by atoms with Crippen molar-refractivity contribution < 1.29 is 19.1 Å². The Morgan fingerprint density at radius 2 is 2.12 bits per heavy atom. The van der Waals surface area contributed by atoms with Crippen LogP contribution < -0.4 is 10.6 Å². The van der Waals surface area contributed by atoms with Crippen molar-refractivity contribution in [1.82, 2.24) is 5.32 Å². The third kappa shape index (κ3) is 7.29. The number of hydrogen-bond donors (Lipinski definition) is 2. The summed E-state index contributed by atoms with van der Waals surface area (Å²) in [5, 5.41) is 5.86. The second-order valence-electron chi connectivity index (χ2n) is 5.94. The summed E-state index contributed by atoms with van der Waals surface area (Å²) < 4.78 is 5.01. The maximum atomic E-state index is 11.9. The normalized spacial score (nSPS) is 16.1. The van der Waals surface area contributed by atoms with Crippen molar-refractivity contribution in [2.45, 2.75) is 37.4 Å². The highest BCUT2D eigenvalue weighted by molar-refractivity contribution is 8.77. The number of carbonyl (C=O) groups is 3. The lowest BCUT2D eigenvalue weighted by atomic mass is 10.1. The lowest BCUT2D eigenvalue weighted by molar-refractivity contribution is -0.147. The minimum atomic E-state index is -0.424. The fourth-order valence-corrected chi connectivity index (χ4v) is 5.53. The van der Waals surface area contributed by atoms with Gasteiger partial charge in [0.2, 0.25) is 0 Å². The van der Waals surface area contributed by atoms with Crippen LogP contribution in [0, 0.1) is 0 Å². The van der Waals surface area contributed by atoms with E-state index in [2.05, 4.69) is 10.6 Å². The number of rotatable bonds is 9. The first-order chi connectivity index (χ1) is 12.6. The Bertz CT molecular complexity index is 633. The molecule has 1 saturated heterocycles. The van der Waals surface area contributed by atoms with Crippen molar-refractivity contribution >= 4 is 45.1 Å². The molecule has 1 heterocycles. The van der Waals surface area contributed by atoms with E-state index in [1.807, 2.05) is 21.6 Å². The summed E-state index contributed by atoms with van der Waals surface area (Å²) in [5.41, 5.74) is 0.931. The summed E-state index contributed by atoms with van der Waals surface area (Å²) in [6.45, 7) is -0.321. The number of hydrogen-bond acceptors (Lipinski definition) is 6. The smallest absolute Gasteiger partial charge is 0.306 e. The Hall–Kier alpha value is -1.67. The van der Waals surface area contributed by atoms with E-state index in [0.717, 1.165) is 19.3 Å². The second-order valence-corrected chi connectivity index (χ2v) is 8.73. The van der Waals surface area contributed by atoms with Crippen LogP contribution >= 0.6 is 21.6 Å². The molecule has 2 amide bonds. The van der Waals surface area contributed by atoms with E-state index in [9.17, 15) is 14.4 Å². The zero-order chi connectivity index (χ0) is 18.8. The summed E-state index contributed by atoms with van der Waals surface area (Å²) >= 11 is 0. The van der Waals surface area contributed by atoms with E-state index in [4.69, 9.17) is 4.74 Å². The van der Waals surface area contributed by atoms with Crippen LogP contribution in [0.15, 0.2) is 24.3 Å². The SMILES string of the molecule is CNC(=O)c1cccc(NC(=O)COC(=O)CCCC[C@@H]2CCSS2)c1. The molecule has 2 N–H and O–H groups in total. The monoisotopic (exact) mass is 396 g/mol.